The maximum Gasteiger partial charge on any atom is 0.262 e. The van der Waals surface area contributed by atoms with Crippen LogP contribution in [0.2, 0.25) is 0 Å². The molecule has 4 rings (SSSR count). The summed E-state index contributed by atoms with van der Waals surface area (Å²) in [5.74, 6) is 0.345. The summed E-state index contributed by atoms with van der Waals surface area (Å²) in [6.45, 7) is 3.66. The van der Waals surface area contributed by atoms with Gasteiger partial charge >= 0.3 is 0 Å². The fourth-order valence-corrected chi connectivity index (χ4v) is 3.37. The third kappa shape index (κ3) is 2.82. The van der Waals surface area contributed by atoms with Crippen LogP contribution in [0.15, 0.2) is 22.9 Å². The molecule has 1 saturated heterocycles. The molecule has 26 heavy (non-hydrogen) atoms. The van der Waals surface area contributed by atoms with Gasteiger partial charge in [0.2, 0.25) is 0 Å². The molecule has 0 saturated carbocycles. The standard InChI is InChI=1S/C18H18N6O2/c1-10-6-13-15(7-12(10)8-19)22-23-17(13)21-18(25)14-9-26-24-16(14)11-2-4-20-5-3-11/h6-7,9,11,20H,2-5H2,1H3,(H2,21,22,23,25). The number of aromatic nitrogens is 3. The Bertz CT molecular complexity index is 1010. The van der Waals surface area contributed by atoms with Crippen molar-refractivity contribution >= 4 is 22.6 Å². The van der Waals surface area contributed by atoms with Crippen LogP contribution in [0.25, 0.3) is 10.9 Å². The number of nitrogens with one attached hydrogen (secondary N) is 3. The maximum atomic E-state index is 12.8. The van der Waals surface area contributed by atoms with Gasteiger partial charge in [0, 0.05) is 11.3 Å². The average molecular weight is 350 g/mol. The minimum absolute atomic E-state index is 0.215. The molecule has 132 valence electrons. The Morgan fingerprint density at radius 1 is 1.38 bits per heavy atom. The van der Waals surface area contributed by atoms with Crippen LogP contribution in [0.5, 0.6) is 0 Å². The van der Waals surface area contributed by atoms with E-state index in [2.05, 4.69) is 32.1 Å². The number of nitriles is 1. The highest BCUT2D eigenvalue weighted by molar-refractivity contribution is 6.08. The number of rotatable bonds is 3. The Kier molecular flexibility index (Phi) is 4.14. The summed E-state index contributed by atoms with van der Waals surface area (Å²) >= 11 is 0. The number of aromatic amines is 1. The van der Waals surface area contributed by atoms with Gasteiger partial charge in [0.1, 0.15) is 11.8 Å². The number of anilines is 1. The number of carbonyl (C=O) groups is 1. The van der Waals surface area contributed by atoms with Gasteiger partial charge in [0.15, 0.2) is 5.82 Å². The van der Waals surface area contributed by atoms with E-state index in [4.69, 9.17) is 9.78 Å². The highest BCUT2D eigenvalue weighted by Gasteiger charge is 2.26. The third-order valence-corrected chi connectivity index (χ3v) is 4.83. The van der Waals surface area contributed by atoms with E-state index in [9.17, 15) is 4.79 Å². The Labute approximate surface area is 149 Å². The van der Waals surface area contributed by atoms with Gasteiger partial charge in [0.05, 0.1) is 22.8 Å². The van der Waals surface area contributed by atoms with Gasteiger partial charge in [-0.2, -0.15) is 10.4 Å². The Hall–Kier alpha value is -3.18. The Morgan fingerprint density at radius 3 is 2.96 bits per heavy atom. The number of hydrogen-bond donors (Lipinski definition) is 3. The van der Waals surface area contributed by atoms with Crippen LogP contribution in [-0.4, -0.2) is 34.4 Å². The number of amides is 1. The van der Waals surface area contributed by atoms with Gasteiger partial charge in [-0.05, 0) is 50.6 Å². The molecule has 1 amide bonds. The molecule has 0 bridgehead atoms. The van der Waals surface area contributed by atoms with E-state index < -0.39 is 0 Å². The van der Waals surface area contributed by atoms with Crippen molar-refractivity contribution in [3.63, 3.8) is 0 Å². The molecule has 1 aliphatic heterocycles. The van der Waals surface area contributed by atoms with Crippen molar-refractivity contribution < 1.29 is 9.32 Å². The van der Waals surface area contributed by atoms with E-state index in [0.717, 1.165) is 36.9 Å². The minimum Gasteiger partial charge on any atom is -0.364 e. The molecule has 0 aliphatic carbocycles. The lowest BCUT2D eigenvalue weighted by molar-refractivity contribution is 0.102. The fraction of sp³-hybridized carbons (Fsp3) is 0.333. The average Bonchev–Trinajstić information content (AvgIpc) is 3.29. The summed E-state index contributed by atoms with van der Waals surface area (Å²) in [7, 11) is 0. The Balaban J connectivity index is 1.61. The second-order valence-electron chi connectivity index (χ2n) is 6.49. The zero-order valence-corrected chi connectivity index (χ0v) is 14.3. The molecule has 3 N–H and O–H groups in total. The summed E-state index contributed by atoms with van der Waals surface area (Å²) in [4.78, 5) is 12.8. The first-order valence-corrected chi connectivity index (χ1v) is 8.52. The summed E-state index contributed by atoms with van der Waals surface area (Å²) in [6.07, 6.45) is 3.24. The summed E-state index contributed by atoms with van der Waals surface area (Å²) in [6, 6.07) is 5.71. The number of piperidine rings is 1. The zero-order chi connectivity index (χ0) is 18.1. The van der Waals surface area contributed by atoms with Crippen molar-refractivity contribution in [3.05, 3.63) is 40.8 Å². The van der Waals surface area contributed by atoms with Crippen molar-refractivity contribution in [2.45, 2.75) is 25.7 Å². The van der Waals surface area contributed by atoms with Crippen molar-refractivity contribution in [3.8, 4) is 6.07 Å². The monoisotopic (exact) mass is 350 g/mol. The van der Waals surface area contributed by atoms with Crippen LogP contribution in [0.4, 0.5) is 5.82 Å². The first-order chi connectivity index (χ1) is 12.7. The number of benzene rings is 1. The normalized spacial score (nSPS) is 15.1. The maximum absolute atomic E-state index is 12.8. The van der Waals surface area contributed by atoms with E-state index in [1.807, 2.05) is 13.0 Å². The first kappa shape index (κ1) is 16.3. The highest BCUT2D eigenvalue weighted by Crippen LogP contribution is 2.28. The van der Waals surface area contributed by atoms with Crippen molar-refractivity contribution in [1.82, 2.24) is 20.7 Å². The molecule has 0 spiro atoms. The second kappa shape index (κ2) is 6.61. The molecule has 2 aromatic heterocycles. The molecular weight excluding hydrogens is 332 g/mol. The topological polar surface area (TPSA) is 120 Å². The molecular formula is C18H18N6O2. The van der Waals surface area contributed by atoms with Crippen molar-refractivity contribution in [1.29, 1.82) is 5.26 Å². The molecule has 8 nitrogen and oxygen atoms in total. The molecule has 1 fully saturated rings. The number of nitrogens with zero attached hydrogens (tertiary/aromatic N) is 3. The van der Waals surface area contributed by atoms with Gasteiger partial charge < -0.3 is 15.2 Å². The smallest absolute Gasteiger partial charge is 0.262 e. The van der Waals surface area contributed by atoms with Gasteiger partial charge in [0.25, 0.3) is 5.91 Å². The predicted molar refractivity (Wildman–Crippen MR) is 94.8 cm³/mol. The van der Waals surface area contributed by atoms with E-state index >= 15 is 0 Å². The van der Waals surface area contributed by atoms with E-state index in [0.29, 0.717) is 28.2 Å². The second-order valence-corrected chi connectivity index (χ2v) is 6.49. The summed E-state index contributed by atoms with van der Waals surface area (Å²) in [5, 5.41) is 27.1. The zero-order valence-electron chi connectivity index (χ0n) is 14.3. The largest absolute Gasteiger partial charge is 0.364 e. The van der Waals surface area contributed by atoms with Gasteiger partial charge in [-0.25, -0.2) is 0 Å². The molecule has 1 aliphatic rings. The van der Waals surface area contributed by atoms with Crippen molar-refractivity contribution in [2.75, 3.05) is 18.4 Å². The van der Waals surface area contributed by atoms with Crippen LogP contribution in [0.3, 0.4) is 0 Å². The molecule has 0 unspecified atom stereocenters. The van der Waals surface area contributed by atoms with E-state index in [1.54, 1.807) is 6.07 Å². The lowest BCUT2D eigenvalue weighted by Crippen LogP contribution is -2.28. The number of carbonyl (C=O) groups excluding carboxylic acids is 1. The van der Waals surface area contributed by atoms with Gasteiger partial charge in [-0.3, -0.25) is 9.89 Å². The minimum atomic E-state index is -0.296. The lowest BCUT2D eigenvalue weighted by Gasteiger charge is -2.21. The molecule has 0 atom stereocenters. The van der Waals surface area contributed by atoms with E-state index in [-0.39, 0.29) is 11.8 Å². The summed E-state index contributed by atoms with van der Waals surface area (Å²) < 4.78 is 5.08. The third-order valence-electron chi connectivity index (χ3n) is 4.83. The van der Waals surface area contributed by atoms with Gasteiger partial charge in [-0.1, -0.05) is 5.16 Å². The van der Waals surface area contributed by atoms with Crippen LogP contribution in [-0.2, 0) is 0 Å². The molecule has 3 aromatic rings. The predicted octanol–water partition coefficient (Wildman–Crippen LogP) is 2.45. The van der Waals surface area contributed by atoms with Gasteiger partial charge in [-0.15, -0.1) is 0 Å². The SMILES string of the molecule is Cc1cc2c(NC(=O)c3conc3C3CCNCC3)n[nH]c2cc1C#N. The number of H-pyrrole nitrogens is 1. The molecule has 8 heteroatoms. The molecule has 0 radical (unpaired) electrons. The molecule has 3 heterocycles. The van der Waals surface area contributed by atoms with E-state index in [1.165, 1.54) is 6.26 Å². The number of fused-ring (bicyclic) bond motifs is 1. The van der Waals surface area contributed by atoms with Crippen LogP contribution >= 0.6 is 0 Å². The van der Waals surface area contributed by atoms with Crippen LogP contribution < -0.4 is 10.6 Å². The highest BCUT2D eigenvalue weighted by atomic mass is 16.5. The first-order valence-electron chi connectivity index (χ1n) is 8.52. The fourth-order valence-electron chi connectivity index (χ4n) is 3.37. The summed E-state index contributed by atoms with van der Waals surface area (Å²) in [5.41, 5.74) is 3.25. The molecule has 1 aromatic carbocycles. The number of aryl methyl sites for hydroxylation is 1. The Morgan fingerprint density at radius 2 is 2.19 bits per heavy atom. The van der Waals surface area contributed by atoms with Crippen molar-refractivity contribution in [2.24, 2.45) is 0 Å². The number of hydrogen-bond acceptors (Lipinski definition) is 6. The lowest BCUT2D eigenvalue weighted by atomic mass is 9.92. The quantitative estimate of drug-likeness (QED) is 0.667. The van der Waals surface area contributed by atoms with Crippen LogP contribution in [0, 0.1) is 18.3 Å². The van der Waals surface area contributed by atoms with Crippen LogP contribution in [0.1, 0.15) is 45.9 Å².